The number of rotatable bonds is 8. The van der Waals surface area contributed by atoms with Crippen LogP contribution in [0.1, 0.15) is 70.8 Å². The van der Waals surface area contributed by atoms with Crippen LogP contribution in [0.4, 0.5) is 9.59 Å². The van der Waals surface area contributed by atoms with Gasteiger partial charge in [-0.15, -0.1) is 0 Å². The number of hydrogen-bond acceptors (Lipinski definition) is 4. The van der Waals surface area contributed by atoms with Crippen LogP contribution in [0.5, 0.6) is 0 Å². The lowest BCUT2D eigenvalue weighted by Gasteiger charge is -2.39. The van der Waals surface area contributed by atoms with Crippen molar-refractivity contribution < 1.29 is 14.3 Å². The molecule has 208 valence electrons. The standard InChI is InChI=1S/C31H46N4O3/c1-4-34(31(37)38-21-23-10-6-5-7-11-23)25-14-16-33(17-15-25)20-24-18-26(19-27(24)22(2)3)35-29-13-9-8-12-28(29)32-30(35)36/h5-7,10-11,24-29H,2,4,8-9,12-21H2,1,3H3,(H,32,36)/t24-,26?,27?,28-,29+/m1/s1. The molecule has 2 saturated heterocycles. The molecule has 5 atom stereocenters. The first-order chi connectivity index (χ1) is 18.4. The highest BCUT2D eigenvalue weighted by atomic mass is 16.6. The molecular formula is C31H46N4O3. The van der Waals surface area contributed by atoms with Crippen molar-refractivity contribution >= 4 is 12.1 Å². The van der Waals surface area contributed by atoms with Gasteiger partial charge in [-0.1, -0.05) is 55.3 Å². The van der Waals surface area contributed by atoms with Crippen LogP contribution in [0.2, 0.25) is 0 Å². The van der Waals surface area contributed by atoms with E-state index in [1.165, 1.54) is 18.4 Å². The van der Waals surface area contributed by atoms with Crippen molar-refractivity contribution in [2.75, 3.05) is 26.2 Å². The van der Waals surface area contributed by atoms with Gasteiger partial charge in [0.25, 0.3) is 0 Å². The van der Waals surface area contributed by atoms with E-state index in [0.717, 1.165) is 63.7 Å². The molecule has 2 saturated carbocycles. The smallest absolute Gasteiger partial charge is 0.410 e. The molecule has 1 aromatic carbocycles. The minimum Gasteiger partial charge on any atom is -0.445 e. The molecule has 3 amide bonds. The van der Waals surface area contributed by atoms with Gasteiger partial charge in [0.1, 0.15) is 6.61 Å². The van der Waals surface area contributed by atoms with Crippen molar-refractivity contribution in [3.8, 4) is 0 Å². The molecule has 0 aromatic heterocycles. The van der Waals surface area contributed by atoms with E-state index >= 15 is 0 Å². The predicted molar refractivity (Wildman–Crippen MR) is 150 cm³/mol. The number of ether oxygens (including phenoxy) is 1. The van der Waals surface area contributed by atoms with E-state index < -0.39 is 0 Å². The first kappa shape index (κ1) is 27.0. The van der Waals surface area contributed by atoms with E-state index in [4.69, 9.17) is 4.74 Å². The maximum atomic E-state index is 13.0. The minimum absolute atomic E-state index is 0.160. The van der Waals surface area contributed by atoms with Crippen molar-refractivity contribution in [2.45, 2.75) is 96.0 Å². The Hall–Kier alpha value is -2.54. The number of piperidine rings is 1. The second-order valence-corrected chi connectivity index (χ2v) is 12.0. The third-order valence-corrected chi connectivity index (χ3v) is 9.60. The highest BCUT2D eigenvalue weighted by molar-refractivity contribution is 5.78. The van der Waals surface area contributed by atoms with Gasteiger partial charge in [0.05, 0.1) is 12.1 Å². The van der Waals surface area contributed by atoms with Crippen LogP contribution in [-0.2, 0) is 11.3 Å². The van der Waals surface area contributed by atoms with Gasteiger partial charge in [-0.2, -0.15) is 0 Å². The molecule has 1 aromatic rings. The Balaban J connectivity index is 1.14. The number of hydrogen-bond donors (Lipinski definition) is 1. The molecule has 0 radical (unpaired) electrons. The average molecular weight is 523 g/mol. The normalized spacial score (nSPS) is 30.1. The van der Waals surface area contributed by atoms with Crippen molar-refractivity contribution in [3.05, 3.63) is 48.0 Å². The van der Waals surface area contributed by atoms with Gasteiger partial charge in [-0.05, 0) is 69.8 Å². The number of amides is 3. The molecule has 2 heterocycles. The van der Waals surface area contributed by atoms with Crippen LogP contribution < -0.4 is 5.32 Å². The zero-order valence-corrected chi connectivity index (χ0v) is 23.3. The largest absolute Gasteiger partial charge is 0.445 e. The van der Waals surface area contributed by atoms with E-state index in [2.05, 4.69) is 28.6 Å². The SMILES string of the molecule is C=C(C)C1CC(N2C(=O)N[C@@H]3CCCC[C@@H]32)C[C@@H]1CN1CCC(N(CC)C(=O)OCc2ccccc2)CC1. The first-order valence-electron chi connectivity index (χ1n) is 14.9. The number of nitrogens with zero attached hydrogens (tertiary/aromatic N) is 3. The lowest BCUT2D eigenvalue weighted by Crippen LogP contribution is -2.48. The van der Waals surface area contributed by atoms with Crippen LogP contribution in [-0.4, -0.2) is 77.2 Å². The molecular weight excluding hydrogens is 476 g/mol. The van der Waals surface area contributed by atoms with Gasteiger partial charge >= 0.3 is 12.1 Å². The molecule has 2 unspecified atom stereocenters. The summed E-state index contributed by atoms with van der Waals surface area (Å²) in [4.78, 5) is 32.5. The molecule has 1 N–H and O–H groups in total. The first-order valence-corrected chi connectivity index (χ1v) is 14.9. The second-order valence-electron chi connectivity index (χ2n) is 12.0. The van der Waals surface area contributed by atoms with Crippen LogP contribution in [0.25, 0.3) is 0 Å². The molecule has 4 aliphatic rings. The number of carbonyl (C=O) groups excluding carboxylic acids is 2. The zero-order chi connectivity index (χ0) is 26.6. The van der Waals surface area contributed by atoms with Gasteiger partial charge in [-0.3, -0.25) is 0 Å². The maximum absolute atomic E-state index is 13.0. The summed E-state index contributed by atoms with van der Waals surface area (Å²) < 4.78 is 5.64. The lowest BCUT2D eigenvalue weighted by atomic mass is 9.89. The molecule has 2 aliphatic carbocycles. The summed E-state index contributed by atoms with van der Waals surface area (Å²) in [5.74, 6) is 0.996. The second kappa shape index (κ2) is 12.1. The molecule has 4 fully saturated rings. The molecule has 0 spiro atoms. The number of fused-ring (bicyclic) bond motifs is 1. The van der Waals surface area contributed by atoms with Gasteiger partial charge in [0.2, 0.25) is 0 Å². The summed E-state index contributed by atoms with van der Waals surface area (Å²) in [5, 5.41) is 3.28. The van der Waals surface area contributed by atoms with Gasteiger partial charge in [0.15, 0.2) is 0 Å². The van der Waals surface area contributed by atoms with E-state index in [-0.39, 0.29) is 18.2 Å². The molecule has 7 nitrogen and oxygen atoms in total. The molecule has 38 heavy (non-hydrogen) atoms. The van der Waals surface area contributed by atoms with E-state index in [0.29, 0.717) is 43.1 Å². The van der Waals surface area contributed by atoms with Crippen LogP contribution >= 0.6 is 0 Å². The Labute approximate surface area is 228 Å². The zero-order valence-electron chi connectivity index (χ0n) is 23.3. The fraction of sp³-hybridized carbons (Fsp3) is 0.677. The topological polar surface area (TPSA) is 65.1 Å². The number of nitrogens with one attached hydrogen (secondary N) is 1. The fourth-order valence-corrected chi connectivity index (χ4v) is 7.64. The fourth-order valence-electron chi connectivity index (χ4n) is 7.64. The van der Waals surface area contributed by atoms with Crippen molar-refractivity contribution in [1.82, 2.24) is 20.0 Å². The monoisotopic (exact) mass is 522 g/mol. The number of carbonyl (C=O) groups is 2. The van der Waals surface area contributed by atoms with E-state index in [9.17, 15) is 9.59 Å². The number of benzene rings is 1. The van der Waals surface area contributed by atoms with E-state index in [1.807, 2.05) is 42.2 Å². The Morgan fingerprint density at radius 1 is 1.11 bits per heavy atom. The summed E-state index contributed by atoms with van der Waals surface area (Å²) in [6.45, 7) is 12.6. The van der Waals surface area contributed by atoms with Crippen molar-refractivity contribution in [3.63, 3.8) is 0 Å². The van der Waals surface area contributed by atoms with Crippen molar-refractivity contribution in [1.29, 1.82) is 0 Å². The molecule has 5 rings (SSSR count). The highest BCUT2D eigenvalue weighted by Crippen LogP contribution is 2.42. The van der Waals surface area contributed by atoms with E-state index in [1.54, 1.807) is 0 Å². The van der Waals surface area contributed by atoms with Crippen LogP contribution in [0.3, 0.4) is 0 Å². The van der Waals surface area contributed by atoms with Crippen LogP contribution in [0.15, 0.2) is 42.5 Å². The minimum atomic E-state index is -0.208. The third-order valence-electron chi connectivity index (χ3n) is 9.60. The van der Waals surface area contributed by atoms with Gasteiger partial charge in [-0.25, -0.2) is 9.59 Å². The maximum Gasteiger partial charge on any atom is 0.410 e. The summed E-state index contributed by atoms with van der Waals surface area (Å²) in [7, 11) is 0. The lowest BCUT2D eigenvalue weighted by molar-refractivity contribution is 0.0595. The number of urea groups is 1. The predicted octanol–water partition coefficient (Wildman–Crippen LogP) is 5.42. The Morgan fingerprint density at radius 2 is 1.84 bits per heavy atom. The summed E-state index contributed by atoms with van der Waals surface area (Å²) in [5.41, 5.74) is 2.27. The van der Waals surface area contributed by atoms with Gasteiger partial charge in [0, 0.05) is 38.3 Å². The van der Waals surface area contributed by atoms with Crippen molar-refractivity contribution in [2.24, 2.45) is 11.8 Å². The number of likely N-dealkylation sites (tertiary alicyclic amines) is 1. The number of allylic oxidation sites excluding steroid dienone is 1. The Morgan fingerprint density at radius 3 is 2.55 bits per heavy atom. The Kier molecular flexibility index (Phi) is 8.61. The summed E-state index contributed by atoms with van der Waals surface area (Å²) in [6, 6.07) is 11.3. The molecule has 7 heteroatoms. The van der Waals surface area contributed by atoms with Gasteiger partial charge < -0.3 is 24.8 Å². The highest BCUT2D eigenvalue weighted by Gasteiger charge is 2.48. The molecule has 0 bridgehead atoms. The summed E-state index contributed by atoms with van der Waals surface area (Å²) >= 11 is 0. The summed E-state index contributed by atoms with van der Waals surface area (Å²) in [6.07, 6.45) is 8.57. The Bertz CT molecular complexity index is 977. The van der Waals surface area contributed by atoms with Crippen LogP contribution in [0, 0.1) is 11.8 Å². The average Bonchev–Trinajstić information content (AvgIpc) is 3.49. The quantitative estimate of drug-likeness (QED) is 0.463. The molecule has 2 aliphatic heterocycles. The third kappa shape index (κ3) is 5.88.